The Hall–Kier alpha value is -4.58. The molecule has 4 rings (SSSR count). The standard InChI is InChI=1S/C23H21N7O4S/c1-15-3-8-18(9-4-15)27-35(33,34)20-12-5-16(2)21(13-20)23(32)26-25-22(31)17-6-10-19(11-7-17)30-14-24-28-29-30/h3-14,27H,1-2H3,(H,25,31)(H,26,32). The molecule has 3 N–H and O–H groups in total. The monoisotopic (exact) mass is 491 g/mol. The highest BCUT2D eigenvalue weighted by Crippen LogP contribution is 2.20. The molecule has 0 fully saturated rings. The fourth-order valence-corrected chi connectivity index (χ4v) is 4.23. The number of hydrazine groups is 1. The number of carbonyl (C=O) groups excluding carboxylic acids is 2. The van der Waals surface area contributed by atoms with Crippen molar-refractivity contribution in [3.63, 3.8) is 0 Å². The minimum atomic E-state index is -3.93. The fourth-order valence-electron chi connectivity index (χ4n) is 3.15. The molecule has 2 amide bonds. The predicted octanol–water partition coefficient (Wildman–Crippen LogP) is 2.15. The van der Waals surface area contributed by atoms with Crippen molar-refractivity contribution < 1.29 is 18.0 Å². The SMILES string of the molecule is Cc1ccc(NS(=O)(=O)c2ccc(C)c(C(=O)NNC(=O)c3ccc(-n4cnnn4)cc3)c2)cc1. The number of sulfonamides is 1. The number of nitrogens with zero attached hydrogens (tertiary/aromatic N) is 4. The Morgan fingerprint density at radius 3 is 2.20 bits per heavy atom. The average molecular weight is 492 g/mol. The Bertz CT molecular complexity index is 1470. The molecule has 0 atom stereocenters. The summed E-state index contributed by atoms with van der Waals surface area (Å²) < 4.78 is 29.5. The number of hydrogen-bond donors (Lipinski definition) is 3. The summed E-state index contributed by atoms with van der Waals surface area (Å²) in [6.45, 7) is 3.56. The van der Waals surface area contributed by atoms with Gasteiger partial charge in [-0.3, -0.25) is 25.2 Å². The van der Waals surface area contributed by atoms with E-state index < -0.39 is 21.8 Å². The summed E-state index contributed by atoms with van der Waals surface area (Å²) in [6.07, 6.45) is 1.42. The number of tetrazole rings is 1. The normalized spacial score (nSPS) is 11.0. The molecular weight excluding hydrogens is 470 g/mol. The number of carbonyl (C=O) groups is 2. The molecule has 0 aliphatic carbocycles. The molecule has 178 valence electrons. The van der Waals surface area contributed by atoms with Gasteiger partial charge in [-0.1, -0.05) is 23.8 Å². The third-order valence-electron chi connectivity index (χ3n) is 5.10. The lowest BCUT2D eigenvalue weighted by Gasteiger charge is -2.12. The number of amides is 2. The van der Waals surface area contributed by atoms with Crippen LogP contribution in [0.25, 0.3) is 5.69 Å². The van der Waals surface area contributed by atoms with Crippen LogP contribution in [0.1, 0.15) is 31.8 Å². The van der Waals surface area contributed by atoms with Gasteiger partial charge >= 0.3 is 0 Å². The highest BCUT2D eigenvalue weighted by Gasteiger charge is 2.19. The number of benzene rings is 3. The van der Waals surface area contributed by atoms with Gasteiger partial charge in [-0.05, 0) is 78.4 Å². The molecule has 0 spiro atoms. The first kappa shape index (κ1) is 23.6. The zero-order chi connectivity index (χ0) is 25.0. The minimum absolute atomic E-state index is 0.0849. The maximum atomic E-state index is 12.8. The van der Waals surface area contributed by atoms with Crippen molar-refractivity contribution in [3.05, 3.63) is 95.3 Å². The van der Waals surface area contributed by atoms with E-state index >= 15 is 0 Å². The summed E-state index contributed by atoms with van der Waals surface area (Å²) in [5, 5.41) is 10.9. The Morgan fingerprint density at radius 2 is 1.54 bits per heavy atom. The Kier molecular flexibility index (Phi) is 6.55. The van der Waals surface area contributed by atoms with Gasteiger partial charge in [0.1, 0.15) is 6.33 Å². The van der Waals surface area contributed by atoms with Crippen LogP contribution in [-0.2, 0) is 10.0 Å². The number of rotatable bonds is 6. The zero-order valence-electron chi connectivity index (χ0n) is 18.8. The predicted molar refractivity (Wildman–Crippen MR) is 127 cm³/mol. The van der Waals surface area contributed by atoms with E-state index in [0.717, 1.165) is 5.56 Å². The maximum absolute atomic E-state index is 12.8. The molecule has 12 heteroatoms. The van der Waals surface area contributed by atoms with E-state index in [-0.39, 0.29) is 16.0 Å². The van der Waals surface area contributed by atoms with Gasteiger partial charge in [0.05, 0.1) is 10.6 Å². The van der Waals surface area contributed by atoms with Crippen molar-refractivity contribution in [2.75, 3.05) is 4.72 Å². The molecule has 35 heavy (non-hydrogen) atoms. The van der Waals surface area contributed by atoms with Crippen molar-refractivity contribution in [2.24, 2.45) is 0 Å². The molecule has 3 aromatic carbocycles. The van der Waals surface area contributed by atoms with Crippen molar-refractivity contribution in [3.8, 4) is 5.69 Å². The van der Waals surface area contributed by atoms with Gasteiger partial charge in [-0.15, -0.1) is 5.10 Å². The number of nitrogens with one attached hydrogen (secondary N) is 3. The zero-order valence-corrected chi connectivity index (χ0v) is 19.6. The highest BCUT2D eigenvalue weighted by atomic mass is 32.2. The van der Waals surface area contributed by atoms with Gasteiger partial charge < -0.3 is 0 Å². The summed E-state index contributed by atoms with van der Waals surface area (Å²) in [4.78, 5) is 25.1. The molecule has 1 aromatic heterocycles. The Balaban J connectivity index is 1.44. The second-order valence-corrected chi connectivity index (χ2v) is 9.34. The van der Waals surface area contributed by atoms with Crippen molar-refractivity contribution in [1.82, 2.24) is 31.1 Å². The van der Waals surface area contributed by atoms with Crippen LogP contribution in [0.3, 0.4) is 0 Å². The van der Waals surface area contributed by atoms with Crippen LogP contribution < -0.4 is 15.6 Å². The summed E-state index contributed by atoms with van der Waals surface area (Å²) in [5.41, 5.74) is 7.64. The third kappa shape index (κ3) is 5.50. The highest BCUT2D eigenvalue weighted by molar-refractivity contribution is 7.92. The lowest BCUT2D eigenvalue weighted by atomic mass is 10.1. The summed E-state index contributed by atoms with van der Waals surface area (Å²) in [6, 6.07) is 17.5. The lowest BCUT2D eigenvalue weighted by molar-refractivity contribution is 0.0846. The summed E-state index contributed by atoms with van der Waals surface area (Å²) >= 11 is 0. The molecule has 0 aliphatic rings. The van der Waals surface area contributed by atoms with E-state index in [1.807, 2.05) is 6.92 Å². The molecule has 0 saturated carbocycles. The molecular formula is C23H21N7O4S. The molecule has 11 nitrogen and oxygen atoms in total. The molecule has 4 aromatic rings. The first-order valence-electron chi connectivity index (χ1n) is 10.4. The number of hydrogen-bond acceptors (Lipinski definition) is 7. The van der Waals surface area contributed by atoms with Gasteiger partial charge in [0.2, 0.25) is 0 Å². The van der Waals surface area contributed by atoms with E-state index in [9.17, 15) is 18.0 Å². The van der Waals surface area contributed by atoms with Gasteiger partial charge in [0.15, 0.2) is 0 Å². The fraction of sp³-hybridized carbons (Fsp3) is 0.0870. The lowest BCUT2D eigenvalue weighted by Crippen LogP contribution is -2.42. The Morgan fingerprint density at radius 1 is 0.857 bits per heavy atom. The van der Waals surface area contributed by atoms with Crippen LogP contribution in [-0.4, -0.2) is 40.4 Å². The second kappa shape index (κ2) is 9.73. The van der Waals surface area contributed by atoms with Crippen molar-refractivity contribution in [2.45, 2.75) is 18.7 Å². The van der Waals surface area contributed by atoms with Crippen LogP contribution in [0, 0.1) is 13.8 Å². The van der Waals surface area contributed by atoms with Crippen LogP contribution in [0.2, 0.25) is 0 Å². The van der Waals surface area contributed by atoms with Crippen LogP contribution in [0.5, 0.6) is 0 Å². The van der Waals surface area contributed by atoms with Crippen LogP contribution >= 0.6 is 0 Å². The van der Waals surface area contributed by atoms with Crippen molar-refractivity contribution in [1.29, 1.82) is 0 Å². The number of aryl methyl sites for hydroxylation is 2. The first-order chi connectivity index (χ1) is 16.7. The molecule has 1 heterocycles. The van der Waals surface area contributed by atoms with Gasteiger partial charge in [0.25, 0.3) is 21.8 Å². The third-order valence-corrected chi connectivity index (χ3v) is 6.48. The number of aromatic nitrogens is 4. The quantitative estimate of drug-likeness (QED) is 0.350. The topological polar surface area (TPSA) is 148 Å². The second-order valence-electron chi connectivity index (χ2n) is 7.66. The summed E-state index contributed by atoms with van der Waals surface area (Å²) in [7, 11) is -3.93. The van der Waals surface area contributed by atoms with Crippen LogP contribution in [0.4, 0.5) is 5.69 Å². The van der Waals surface area contributed by atoms with E-state index in [0.29, 0.717) is 16.9 Å². The average Bonchev–Trinajstić information content (AvgIpc) is 3.39. The van der Waals surface area contributed by atoms with Gasteiger partial charge in [0, 0.05) is 16.8 Å². The van der Waals surface area contributed by atoms with E-state index in [1.54, 1.807) is 55.5 Å². The first-order valence-corrected chi connectivity index (χ1v) is 11.9. The van der Waals surface area contributed by atoms with Gasteiger partial charge in [-0.25, -0.2) is 13.1 Å². The van der Waals surface area contributed by atoms with E-state index in [1.165, 1.54) is 29.2 Å². The summed E-state index contributed by atoms with van der Waals surface area (Å²) in [5.74, 6) is -1.21. The maximum Gasteiger partial charge on any atom is 0.270 e. The Labute approximate surface area is 201 Å². The van der Waals surface area contributed by atoms with Crippen molar-refractivity contribution >= 4 is 27.5 Å². The van der Waals surface area contributed by atoms with Crippen LogP contribution in [0.15, 0.2) is 78.0 Å². The van der Waals surface area contributed by atoms with Gasteiger partial charge in [-0.2, -0.15) is 0 Å². The molecule has 0 aliphatic heterocycles. The van der Waals surface area contributed by atoms with E-state index in [4.69, 9.17) is 0 Å². The molecule has 0 radical (unpaired) electrons. The smallest absolute Gasteiger partial charge is 0.270 e. The number of anilines is 1. The minimum Gasteiger partial charge on any atom is -0.280 e. The molecule has 0 bridgehead atoms. The largest absolute Gasteiger partial charge is 0.280 e. The molecule has 0 saturated heterocycles. The molecule has 0 unspecified atom stereocenters. The van der Waals surface area contributed by atoms with E-state index in [2.05, 4.69) is 31.1 Å².